The van der Waals surface area contributed by atoms with Crippen LogP contribution in [-0.2, 0) is 16.0 Å². The van der Waals surface area contributed by atoms with E-state index >= 15 is 0 Å². The van der Waals surface area contributed by atoms with Gasteiger partial charge in [-0.05, 0) is 25.1 Å². The SMILES string of the molecule is CCOC(=O)c1ccccc1NC(=O)CSc1nc(CC)nc2ccccc12. The van der Waals surface area contributed by atoms with Crippen molar-refractivity contribution >= 4 is 40.2 Å². The van der Waals surface area contributed by atoms with Gasteiger partial charge in [-0.15, -0.1) is 0 Å². The fourth-order valence-corrected chi connectivity index (χ4v) is 3.50. The molecule has 2 aromatic carbocycles. The molecule has 0 radical (unpaired) electrons. The van der Waals surface area contributed by atoms with Crippen LogP contribution >= 0.6 is 11.8 Å². The van der Waals surface area contributed by atoms with Gasteiger partial charge in [-0.25, -0.2) is 14.8 Å². The highest BCUT2D eigenvalue weighted by Gasteiger charge is 2.15. The Morgan fingerprint density at radius 3 is 2.57 bits per heavy atom. The zero-order valence-electron chi connectivity index (χ0n) is 15.8. The van der Waals surface area contributed by atoms with Gasteiger partial charge in [0.1, 0.15) is 10.9 Å². The number of aryl methyl sites for hydroxylation is 1. The number of rotatable bonds is 7. The van der Waals surface area contributed by atoms with Crippen molar-refractivity contribution in [2.24, 2.45) is 0 Å². The molecule has 0 aliphatic rings. The van der Waals surface area contributed by atoms with E-state index in [1.807, 2.05) is 31.2 Å². The van der Waals surface area contributed by atoms with Crippen LogP contribution in [0.1, 0.15) is 30.0 Å². The number of para-hydroxylation sites is 2. The van der Waals surface area contributed by atoms with E-state index in [-0.39, 0.29) is 18.3 Å². The maximum absolute atomic E-state index is 12.5. The second kappa shape index (κ2) is 9.32. The Labute approximate surface area is 167 Å². The summed E-state index contributed by atoms with van der Waals surface area (Å²) in [4.78, 5) is 33.6. The molecule has 3 rings (SSSR count). The Kier molecular flexibility index (Phi) is 6.60. The second-order valence-corrected chi connectivity index (χ2v) is 6.88. The number of aromatic nitrogens is 2. The molecule has 0 spiro atoms. The number of esters is 1. The Balaban J connectivity index is 1.74. The lowest BCUT2D eigenvalue weighted by atomic mass is 10.2. The van der Waals surface area contributed by atoms with Gasteiger partial charge in [-0.2, -0.15) is 0 Å². The molecular formula is C21H21N3O3S. The zero-order valence-corrected chi connectivity index (χ0v) is 16.6. The Bertz CT molecular complexity index is 1010. The number of carbonyl (C=O) groups is 2. The van der Waals surface area contributed by atoms with E-state index in [2.05, 4.69) is 15.3 Å². The predicted molar refractivity (Wildman–Crippen MR) is 111 cm³/mol. The third-order valence-electron chi connectivity index (χ3n) is 3.97. The average Bonchev–Trinajstić information content (AvgIpc) is 2.72. The highest BCUT2D eigenvalue weighted by atomic mass is 32.2. The normalized spacial score (nSPS) is 10.6. The van der Waals surface area contributed by atoms with Crippen LogP contribution in [0.2, 0.25) is 0 Å². The molecular weight excluding hydrogens is 374 g/mol. The van der Waals surface area contributed by atoms with Gasteiger partial charge in [0.25, 0.3) is 0 Å². The maximum Gasteiger partial charge on any atom is 0.340 e. The highest BCUT2D eigenvalue weighted by molar-refractivity contribution is 8.00. The van der Waals surface area contributed by atoms with Crippen molar-refractivity contribution in [3.05, 3.63) is 59.9 Å². The third kappa shape index (κ3) is 4.67. The molecule has 1 N–H and O–H groups in total. The van der Waals surface area contributed by atoms with Crippen LogP contribution in [0.3, 0.4) is 0 Å². The first-order valence-corrected chi connectivity index (χ1v) is 10.0. The molecule has 28 heavy (non-hydrogen) atoms. The average molecular weight is 395 g/mol. The number of hydrogen-bond donors (Lipinski definition) is 1. The van der Waals surface area contributed by atoms with E-state index in [9.17, 15) is 9.59 Å². The van der Waals surface area contributed by atoms with Gasteiger partial charge in [0.15, 0.2) is 0 Å². The smallest absolute Gasteiger partial charge is 0.340 e. The molecule has 0 aliphatic heterocycles. The summed E-state index contributed by atoms with van der Waals surface area (Å²) in [6.45, 7) is 4.02. The molecule has 0 aliphatic carbocycles. The first-order valence-electron chi connectivity index (χ1n) is 9.06. The number of thioether (sulfide) groups is 1. The molecule has 6 nitrogen and oxygen atoms in total. The Morgan fingerprint density at radius 1 is 1.04 bits per heavy atom. The van der Waals surface area contributed by atoms with Crippen molar-refractivity contribution < 1.29 is 14.3 Å². The lowest BCUT2D eigenvalue weighted by Gasteiger charge is -2.11. The number of carbonyl (C=O) groups excluding carboxylic acids is 2. The van der Waals surface area contributed by atoms with Crippen LogP contribution in [0.5, 0.6) is 0 Å². The fraction of sp³-hybridized carbons (Fsp3) is 0.238. The third-order valence-corrected chi connectivity index (χ3v) is 4.96. The standard InChI is InChI=1S/C21H21N3O3S/c1-3-18-22-16-11-7-5-9-14(16)20(24-18)28-13-19(25)23-17-12-8-6-10-15(17)21(26)27-4-2/h5-12H,3-4,13H2,1-2H3,(H,23,25). The summed E-state index contributed by atoms with van der Waals surface area (Å²) < 4.78 is 5.04. The minimum absolute atomic E-state index is 0.168. The molecule has 0 bridgehead atoms. The molecule has 0 saturated heterocycles. The van der Waals surface area contributed by atoms with Gasteiger partial charge in [0.05, 0.1) is 29.1 Å². The van der Waals surface area contributed by atoms with E-state index in [0.29, 0.717) is 11.3 Å². The van der Waals surface area contributed by atoms with Crippen molar-refractivity contribution in [2.45, 2.75) is 25.3 Å². The number of anilines is 1. The fourth-order valence-electron chi connectivity index (χ4n) is 2.66. The molecule has 7 heteroatoms. The van der Waals surface area contributed by atoms with Gasteiger partial charge in [0.2, 0.25) is 5.91 Å². The number of nitrogens with one attached hydrogen (secondary N) is 1. The first kappa shape index (κ1) is 19.8. The molecule has 0 fully saturated rings. The lowest BCUT2D eigenvalue weighted by molar-refractivity contribution is -0.113. The van der Waals surface area contributed by atoms with E-state index in [1.165, 1.54) is 11.8 Å². The number of amides is 1. The topological polar surface area (TPSA) is 81.2 Å². The Hall–Kier alpha value is -2.93. The molecule has 3 aromatic rings. The summed E-state index contributed by atoms with van der Waals surface area (Å²) in [6.07, 6.45) is 0.720. The summed E-state index contributed by atoms with van der Waals surface area (Å²) in [5.74, 6) is 0.235. The van der Waals surface area contributed by atoms with Crippen molar-refractivity contribution in [1.82, 2.24) is 9.97 Å². The summed E-state index contributed by atoms with van der Waals surface area (Å²) in [5.41, 5.74) is 1.64. The Morgan fingerprint density at radius 2 is 1.79 bits per heavy atom. The largest absolute Gasteiger partial charge is 0.462 e. The highest BCUT2D eigenvalue weighted by Crippen LogP contribution is 2.26. The van der Waals surface area contributed by atoms with Crippen molar-refractivity contribution in [1.29, 1.82) is 0 Å². The second-order valence-electron chi connectivity index (χ2n) is 5.92. The van der Waals surface area contributed by atoms with Gasteiger partial charge < -0.3 is 10.1 Å². The molecule has 0 saturated carbocycles. The molecule has 0 atom stereocenters. The van der Waals surface area contributed by atoms with Crippen LogP contribution in [0, 0.1) is 0 Å². The summed E-state index contributed by atoms with van der Waals surface area (Å²) in [7, 11) is 0. The summed E-state index contributed by atoms with van der Waals surface area (Å²) in [5, 5.41) is 4.49. The van der Waals surface area contributed by atoms with E-state index in [1.54, 1.807) is 31.2 Å². The zero-order chi connectivity index (χ0) is 19.9. The van der Waals surface area contributed by atoms with E-state index in [4.69, 9.17) is 4.74 Å². The monoisotopic (exact) mass is 395 g/mol. The maximum atomic E-state index is 12.5. The number of benzene rings is 2. The minimum atomic E-state index is -0.458. The molecule has 0 unspecified atom stereocenters. The van der Waals surface area contributed by atoms with Crippen LogP contribution in [0.15, 0.2) is 53.6 Å². The van der Waals surface area contributed by atoms with Crippen molar-refractivity contribution in [3.8, 4) is 0 Å². The molecule has 1 aromatic heterocycles. The summed E-state index contributed by atoms with van der Waals surface area (Å²) in [6, 6.07) is 14.6. The predicted octanol–water partition coefficient (Wildman–Crippen LogP) is 4.10. The van der Waals surface area contributed by atoms with Crippen LogP contribution in [0.25, 0.3) is 10.9 Å². The van der Waals surface area contributed by atoms with E-state index < -0.39 is 5.97 Å². The van der Waals surface area contributed by atoms with Crippen LogP contribution in [0.4, 0.5) is 5.69 Å². The van der Waals surface area contributed by atoms with Crippen molar-refractivity contribution in [2.75, 3.05) is 17.7 Å². The molecule has 144 valence electrons. The lowest BCUT2D eigenvalue weighted by Crippen LogP contribution is -2.17. The van der Waals surface area contributed by atoms with Crippen LogP contribution < -0.4 is 5.32 Å². The van der Waals surface area contributed by atoms with E-state index in [0.717, 1.165) is 28.2 Å². The number of ether oxygens (including phenoxy) is 1. The number of nitrogens with zero attached hydrogens (tertiary/aromatic N) is 2. The quantitative estimate of drug-likeness (QED) is 0.368. The first-order chi connectivity index (χ1) is 13.6. The van der Waals surface area contributed by atoms with Gasteiger partial charge in [-0.1, -0.05) is 49.0 Å². The summed E-state index contributed by atoms with van der Waals surface area (Å²) >= 11 is 1.35. The molecule has 1 heterocycles. The number of fused-ring (bicyclic) bond motifs is 1. The molecule has 1 amide bonds. The van der Waals surface area contributed by atoms with Crippen molar-refractivity contribution in [3.63, 3.8) is 0 Å². The van der Waals surface area contributed by atoms with Gasteiger partial charge in [0, 0.05) is 11.8 Å². The number of hydrogen-bond acceptors (Lipinski definition) is 6. The van der Waals surface area contributed by atoms with Crippen LogP contribution in [-0.4, -0.2) is 34.2 Å². The van der Waals surface area contributed by atoms with Gasteiger partial charge in [-0.3, -0.25) is 4.79 Å². The van der Waals surface area contributed by atoms with Gasteiger partial charge >= 0.3 is 5.97 Å². The minimum Gasteiger partial charge on any atom is -0.462 e.